The van der Waals surface area contributed by atoms with E-state index < -0.39 is 20.9 Å². The van der Waals surface area contributed by atoms with E-state index in [4.69, 9.17) is 16.3 Å². The highest BCUT2D eigenvalue weighted by Crippen LogP contribution is 2.30. The van der Waals surface area contributed by atoms with E-state index in [9.17, 15) is 13.2 Å². The van der Waals surface area contributed by atoms with Crippen LogP contribution < -0.4 is 10.1 Å². The van der Waals surface area contributed by atoms with Crippen LogP contribution in [0.4, 0.5) is 5.13 Å². The van der Waals surface area contributed by atoms with Crippen molar-refractivity contribution in [3.8, 4) is 5.75 Å². The Kier molecular flexibility index (Phi) is 6.35. The summed E-state index contributed by atoms with van der Waals surface area (Å²) >= 11 is 7.34. The molecule has 0 unspecified atom stereocenters. The molecule has 11 heteroatoms. The lowest BCUT2D eigenvalue weighted by Crippen LogP contribution is -2.18. The molecule has 1 N–H and O–H groups in total. The van der Waals surface area contributed by atoms with Crippen molar-refractivity contribution in [2.45, 2.75) is 17.8 Å². The smallest absolute Gasteiger partial charge is 0.277 e. The number of nitrogens with one attached hydrogen (secondary N) is 1. The fraction of sp³-hybridized carbons (Fsp3) is 0.143. The first-order chi connectivity index (χ1) is 15.4. The van der Waals surface area contributed by atoms with Crippen LogP contribution >= 0.6 is 22.9 Å². The molecule has 0 saturated carbocycles. The Morgan fingerprint density at radius 2 is 1.94 bits per heavy atom. The van der Waals surface area contributed by atoms with Crippen molar-refractivity contribution in [3.05, 3.63) is 71.0 Å². The molecule has 2 heterocycles. The van der Waals surface area contributed by atoms with Crippen LogP contribution in [0.25, 0.3) is 10.2 Å². The van der Waals surface area contributed by atoms with Gasteiger partial charge in [-0.3, -0.25) is 10.1 Å². The zero-order valence-corrected chi connectivity index (χ0v) is 19.2. The third-order valence-electron chi connectivity index (χ3n) is 4.31. The van der Waals surface area contributed by atoms with Gasteiger partial charge in [-0.05, 0) is 30.7 Å². The molecule has 0 saturated heterocycles. The Hall–Kier alpha value is -3.08. The number of thiazole rings is 1. The summed E-state index contributed by atoms with van der Waals surface area (Å²) < 4.78 is 31.8. The van der Waals surface area contributed by atoms with Crippen LogP contribution in [0.5, 0.6) is 5.75 Å². The van der Waals surface area contributed by atoms with Crippen LogP contribution in [0, 0.1) is 0 Å². The third-order valence-corrected chi connectivity index (χ3v) is 6.98. The summed E-state index contributed by atoms with van der Waals surface area (Å²) in [6, 6.07) is 14.1. The van der Waals surface area contributed by atoms with E-state index in [1.165, 1.54) is 11.3 Å². The van der Waals surface area contributed by atoms with Gasteiger partial charge in [0.2, 0.25) is 15.0 Å². The molecular weight excluding hydrogens is 472 g/mol. The highest BCUT2D eigenvalue weighted by molar-refractivity contribution is 7.90. The zero-order valence-electron chi connectivity index (χ0n) is 16.8. The van der Waals surface area contributed by atoms with Gasteiger partial charge in [0.15, 0.2) is 10.8 Å². The van der Waals surface area contributed by atoms with Crippen molar-refractivity contribution >= 4 is 54.0 Å². The van der Waals surface area contributed by atoms with Crippen molar-refractivity contribution in [1.82, 2.24) is 15.0 Å². The van der Waals surface area contributed by atoms with Gasteiger partial charge >= 0.3 is 0 Å². The quantitative estimate of drug-likeness (QED) is 0.384. The second-order valence-electron chi connectivity index (χ2n) is 6.63. The molecule has 0 aliphatic rings. The minimum absolute atomic E-state index is 0.0686. The summed E-state index contributed by atoms with van der Waals surface area (Å²) in [6.45, 7) is 2.43. The number of aromatic nitrogens is 3. The van der Waals surface area contributed by atoms with Gasteiger partial charge in [-0.2, -0.15) is 0 Å². The van der Waals surface area contributed by atoms with Crippen molar-refractivity contribution in [2.75, 3.05) is 11.9 Å². The molecule has 4 rings (SSSR count). The number of carbonyl (C=O) groups is 1. The molecule has 0 radical (unpaired) electrons. The molecule has 0 atom stereocenters. The number of nitrogens with zero attached hydrogens (tertiary/aromatic N) is 3. The molecule has 32 heavy (non-hydrogen) atoms. The van der Waals surface area contributed by atoms with Gasteiger partial charge in [-0.25, -0.2) is 23.4 Å². The first kappa shape index (κ1) is 22.1. The normalized spacial score (nSPS) is 11.4. The number of fused-ring (bicyclic) bond motifs is 1. The van der Waals surface area contributed by atoms with E-state index in [1.807, 2.05) is 13.0 Å². The lowest BCUT2D eigenvalue weighted by Gasteiger charge is -2.07. The van der Waals surface area contributed by atoms with Crippen molar-refractivity contribution < 1.29 is 17.9 Å². The molecule has 0 fully saturated rings. The average Bonchev–Trinajstić information content (AvgIpc) is 3.16. The summed E-state index contributed by atoms with van der Waals surface area (Å²) in [5.41, 5.74) is 1.02. The lowest BCUT2D eigenvalue weighted by molar-refractivity contribution is 0.102. The number of carbonyl (C=O) groups excluding carboxylic acids is 1. The number of halogens is 1. The Morgan fingerprint density at radius 3 is 2.69 bits per heavy atom. The van der Waals surface area contributed by atoms with E-state index in [1.54, 1.807) is 42.5 Å². The summed E-state index contributed by atoms with van der Waals surface area (Å²) in [4.78, 5) is 24.9. The number of hydrogen-bond acceptors (Lipinski definition) is 8. The molecule has 0 aliphatic carbocycles. The van der Waals surface area contributed by atoms with Gasteiger partial charge in [-0.15, -0.1) is 0 Å². The van der Waals surface area contributed by atoms with E-state index in [-0.39, 0.29) is 16.5 Å². The topological polar surface area (TPSA) is 111 Å². The third kappa shape index (κ3) is 4.87. The van der Waals surface area contributed by atoms with Gasteiger partial charge in [0.05, 0.1) is 33.8 Å². The van der Waals surface area contributed by atoms with E-state index in [0.717, 1.165) is 10.9 Å². The van der Waals surface area contributed by atoms with Gasteiger partial charge < -0.3 is 4.74 Å². The fourth-order valence-electron chi connectivity index (χ4n) is 2.89. The first-order valence-electron chi connectivity index (χ1n) is 9.49. The Balaban J connectivity index is 1.58. The van der Waals surface area contributed by atoms with E-state index in [0.29, 0.717) is 28.6 Å². The van der Waals surface area contributed by atoms with Crippen molar-refractivity contribution in [2.24, 2.45) is 0 Å². The molecule has 2 aromatic heterocycles. The maximum atomic E-state index is 12.8. The zero-order chi connectivity index (χ0) is 22.7. The molecule has 0 spiro atoms. The summed E-state index contributed by atoms with van der Waals surface area (Å²) in [5, 5.41) is 2.41. The highest BCUT2D eigenvalue weighted by atomic mass is 35.5. The number of ether oxygens (including phenoxy) is 1. The maximum absolute atomic E-state index is 12.8. The van der Waals surface area contributed by atoms with Gasteiger partial charge in [0, 0.05) is 0 Å². The van der Waals surface area contributed by atoms with Crippen LogP contribution in [-0.2, 0) is 15.6 Å². The maximum Gasteiger partial charge on any atom is 0.277 e. The number of rotatable bonds is 7. The minimum atomic E-state index is -3.88. The van der Waals surface area contributed by atoms with E-state index >= 15 is 0 Å². The first-order valence-corrected chi connectivity index (χ1v) is 12.3. The predicted molar refractivity (Wildman–Crippen MR) is 123 cm³/mol. The molecule has 164 valence electrons. The summed E-state index contributed by atoms with van der Waals surface area (Å²) in [5.74, 6) is -0.275. The van der Waals surface area contributed by atoms with Crippen molar-refractivity contribution in [1.29, 1.82) is 0 Å². The number of sulfone groups is 1. The number of benzene rings is 2. The van der Waals surface area contributed by atoms with Gasteiger partial charge in [0.25, 0.3) is 5.91 Å². The molecular formula is C21H17ClN4O4S2. The van der Waals surface area contributed by atoms with Crippen LogP contribution in [0.2, 0.25) is 5.02 Å². The fourth-order valence-corrected chi connectivity index (χ4v) is 5.16. The highest BCUT2D eigenvalue weighted by Gasteiger charge is 2.23. The SMILES string of the molecule is CCOc1ccc2nc(NC(=O)c3nc(S(=O)(=O)Cc4ccccc4)ncc3Cl)sc2c1. The molecule has 1 amide bonds. The van der Waals surface area contributed by atoms with E-state index in [2.05, 4.69) is 20.3 Å². The Bertz CT molecular complexity index is 1390. The standard InChI is InChI=1S/C21H17ClN4O4S2/c1-2-30-14-8-9-16-17(10-14)31-20(24-16)26-19(27)18-15(22)11-23-21(25-18)32(28,29)12-13-6-4-3-5-7-13/h3-11H,2,12H2,1H3,(H,24,26,27). The number of anilines is 1. The van der Waals surface area contributed by atoms with Crippen LogP contribution in [0.15, 0.2) is 59.9 Å². The van der Waals surface area contributed by atoms with Crippen LogP contribution in [0.3, 0.4) is 0 Å². The predicted octanol–water partition coefficient (Wildman–Crippen LogP) is 4.36. The second-order valence-corrected chi connectivity index (χ2v) is 9.95. The summed E-state index contributed by atoms with van der Waals surface area (Å²) in [7, 11) is -3.88. The number of amides is 1. The van der Waals surface area contributed by atoms with Crippen LogP contribution in [-0.4, -0.2) is 35.9 Å². The monoisotopic (exact) mass is 488 g/mol. The molecule has 0 bridgehead atoms. The Labute approximate surface area is 193 Å². The van der Waals surface area contributed by atoms with Crippen molar-refractivity contribution in [3.63, 3.8) is 0 Å². The van der Waals surface area contributed by atoms with Gasteiger partial charge in [0.1, 0.15) is 5.75 Å². The molecule has 0 aliphatic heterocycles. The van der Waals surface area contributed by atoms with Crippen LogP contribution in [0.1, 0.15) is 23.0 Å². The molecule has 4 aromatic rings. The largest absolute Gasteiger partial charge is 0.494 e. The molecule has 2 aromatic carbocycles. The Morgan fingerprint density at radius 1 is 1.16 bits per heavy atom. The summed E-state index contributed by atoms with van der Waals surface area (Å²) in [6.07, 6.45) is 1.11. The number of hydrogen-bond donors (Lipinski definition) is 1. The molecule has 8 nitrogen and oxygen atoms in total. The lowest BCUT2D eigenvalue weighted by atomic mass is 10.2. The minimum Gasteiger partial charge on any atom is -0.494 e. The second kappa shape index (κ2) is 9.19. The average molecular weight is 489 g/mol. The van der Waals surface area contributed by atoms with Gasteiger partial charge in [-0.1, -0.05) is 53.3 Å².